The van der Waals surface area contributed by atoms with Crippen LogP contribution in [0.1, 0.15) is 40.0 Å². The molecule has 0 aliphatic heterocycles. The number of alkyl halides is 8. The van der Waals surface area contributed by atoms with Crippen LogP contribution in [0.3, 0.4) is 0 Å². The van der Waals surface area contributed by atoms with Crippen molar-refractivity contribution in [1.29, 1.82) is 0 Å². The van der Waals surface area contributed by atoms with E-state index in [1.54, 1.807) is 5.32 Å². The van der Waals surface area contributed by atoms with Crippen LogP contribution < -0.4 is 5.32 Å². The lowest BCUT2D eigenvalue weighted by Gasteiger charge is -2.36. The van der Waals surface area contributed by atoms with Gasteiger partial charge in [0.2, 0.25) is 5.91 Å². The fraction of sp³-hybridized carbons (Fsp3) is 0.250. The molecule has 0 aliphatic rings. The first-order valence-electron chi connectivity index (χ1n) is 8.67. The summed E-state index contributed by atoms with van der Waals surface area (Å²) < 4.78 is 106. The van der Waals surface area contributed by atoms with E-state index >= 15 is 0 Å². The monoisotopic (exact) mass is 466 g/mol. The minimum absolute atomic E-state index is 0.371. The average Bonchev–Trinajstić information content (AvgIpc) is 2.71. The van der Waals surface area contributed by atoms with Crippen molar-refractivity contribution in [2.75, 3.05) is 0 Å². The lowest BCUT2D eigenvalue weighted by molar-refractivity contribution is -0.201. The number of carbonyl (C=O) groups excluding carboxylic acids is 2. The van der Waals surface area contributed by atoms with Crippen LogP contribution in [0.15, 0.2) is 55.3 Å². The van der Waals surface area contributed by atoms with E-state index in [1.165, 1.54) is 0 Å². The number of pyridine rings is 1. The third-order valence-corrected chi connectivity index (χ3v) is 4.46. The number of nitrogens with zero attached hydrogens (tertiary/aromatic N) is 1. The highest BCUT2D eigenvalue weighted by Gasteiger charge is 2.58. The van der Waals surface area contributed by atoms with E-state index in [4.69, 9.17) is 0 Å². The maximum absolute atomic E-state index is 14.2. The van der Waals surface area contributed by atoms with Gasteiger partial charge in [0.05, 0.1) is 5.56 Å². The van der Waals surface area contributed by atoms with Crippen LogP contribution in [-0.4, -0.2) is 22.9 Å². The lowest BCUT2D eigenvalue weighted by Crippen LogP contribution is -2.57. The molecule has 4 nitrogen and oxygen atoms in total. The van der Waals surface area contributed by atoms with Gasteiger partial charge < -0.3 is 5.32 Å². The van der Waals surface area contributed by atoms with Gasteiger partial charge in [-0.3, -0.25) is 14.6 Å². The van der Waals surface area contributed by atoms with Crippen LogP contribution in [0.25, 0.3) is 0 Å². The number of aromatic nitrogens is 1. The van der Waals surface area contributed by atoms with Gasteiger partial charge in [-0.2, -0.15) is 26.3 Å². The minimum Gasteiger partial charge on any atom is -0.334 e. The van der Waals surface area contributed by atoms with Gasteiger partial charge in [0.15, 0.2) is 11.3 Å². The first-order chi connectivity index (χ1) is 14.7. The zero-order chi connectivity index (χ0) is 24.3. The van der Waals surface area contributed by atoms with E-state index < -0.39 is 64.8 Å². The van der Waals surface area contributed by atoms with Crippen LogP contribution in [0, 0.1) is 0 Å². The molecule has 0 fully saturated rings. The molecule has 0 saturated carbocycles. The smallest absolute Gasteiger partial charge is 0.334 e. The maximum atomic E-state index is 14.2. The first kappa shape index (κ1) is 25.0. The zero-order valence-electron chi connectivity index (χ0n) is 15.9. The van der Waals surface area contributed by atoms with Crippen LogP contribution in [-0.2, 0) is 16.5 Å². The third kappa shape index (κ3) is 5.29. The average molecular weight is 466 g/mol. The number of nitrogens with one attached hydrogen (secondary N) is 1. The maximum Gasteiger partial charge on any atom is 0.416 e. The highest BCUT2D eigenvalue weighted by molar-refractivity contribution is 5.96. The number of Topliss-reactive ketones (excluding diaryl/α,β-unsaturated/α-hetero) is 1. The molecule has 2 rings (SSSR count). The van der Waals surface area contributed by atoms with E-state index in [0.717, 1.165) is 12.1 Å². The summed E-state index contributed by atoms with van der Waals surface area (Å²) in [5, 5.41) is 1.59. The van der Waals surface area contributed by atoms with Gasteiger partial charge in [0.25, 0.3) is 6.43 Å². The van der Waals surface area contributed by atoms with Gasteiger partial charge in [-0.05, 0) is 35.9 Å². The molecule has 1 heterocycles. The number of rotatable bonds is 7. The Kier molecular flexibility index (Phi) is 7.06. The topological polar surface area (TPSA) is 59.1 Å². The molecule has 0 bridgehead atoms. The van der Waals surface area contributed by atoms with Crippen molar-refractivity contribution in [3.63, 3.8) is 0 Å². The molecule has 0 aliphatic carbocycles. The molecule has 0 saturated heterocycles. The number of hydrogen-bond acceptors (Lipinski definition) is 3. The number of ketones is 1. The van der Waals surface area contributed by atoms with Crippen LogP contribution >= 0.6 is 0 Å². The van der Waals surface area contributed by atoms with Crippen molar-refractivity contribution in [1.82, 2.24) is 10.3 Å². The Morgan fingerprint density at radius 2 is 1.53 bits per heavy atom. The Morgan fingerprint density at radius 1 is 0.969 bits per heavy atom. The molecule has 1 N–H and O–H groups in total. The van der Waals surface area contributed by atoms with Crippen LogP contribution in [0.4, 0.5) is 35.1 Å². The van der Waals surface area contributed by atoms with Crippen molar-refractivity contribution in [2.24, 2.45) is 0 Å². The van der Waals surface area contributed by atoms with E-state index in [-0.39, 0.29) is 0 Å². The Morgan fingerprint density at radius 3 is 1.94 bits per heavy atom. The summed E-state index contributed by atoms with van der Waals surface area (Å²) in [5.41, 5.74) is -6.73. The molecule has 1 aromatic carbocycles. The van der Waals surface area contributed by atoms with Crippen molar-refractivity contribution < 1.29 is 44.7 Å². The molecule has 1 amide bonds. The lowest BCUT2D eigenvalue weighted by atomic mass is 9.82. The van der Waals surface area contributed by atoms with Crippen LogP contribution in [0.5, 0.6) is 0 Å². The summed E-state index contributed by atoms with van der Waals surface area (Å²) >= 11 is 0. The largest absolute Gasteiger partial charge is 0.416 e. The van der Waals surface area contributed by atoms with E-state index in [2.05, 4.69) is 11.6 Å². The minimum atomic E-state index is -5.36. The predicted molar refractivity (Wildman–Crippen MR) is 95.7 cm³/mol. The molecule has 32 heavy (non-hydrogen) atoms. The highest BCUT2D eigenvalue weighted by Crippen LogP contribution is 2.43. The third-order valence-electron chi connectivity index (χ3n) is 4.46. The number of hydrogen-bond donors (Lipinski definition) is 1. The first-order valence-corrected chi connectivity index (χ1v) is 8.67. The molecule has 1 atom stereocenters. The van der Waals surface area contributed by atoms with Crippen molar-refractivity contribution in [3.05, 3.63) is 77.6 Å². The number of benzene rings is 1. The SMILES string of the molecule is C=CC(=O)NC(CC(=O)c1ccc(C(F)F)cn1)(c1ccc(C(F)(F)F)cc1)C(F)(F)F. The normalized spacial score (nSPS) is 14.0. The Balaban J connectivity index is 2.57. The van der Waals surface area contributed by atoms with Gasteiger partial charge in [0.1, 0.15) is 5.69 Å². The second kappa shape index (κ2) is 9.05. The van der Waals surface area contributed by atoms with E-state index in [1.807, 2.05) is 0 Å². The van der Waals surface area contributed by atoms with Crippen molar-refractivity contribution in [2.45, 2.75) is 30.7 Å². The van der Waals surface area contributed by atoms with E-state index in [9.17, 15) is 44.7 Å². The van der Waals surface area contributed by atoms with E-state index in [0.29, 0.717) is 36.5 Å². The predicted octanol–water partition coefficient (Wildman–Crippen LogP) is 5.37. The standard InChI is InChI=1S/C20H14F8N2O2/c1-2-16(32)30-18(20(26,27)28,12-4-6-13(7-5-12)19(23,24)25)9-15(31)14-8-3-11(10-29-14)17(21)22/h2-8,10,17H,1,9H2,(H,30,32). The zero-order valence-corrected chi connectivity index (χ0v) is 15.9. The Bertz CT molecular complexity index is 983. The molecule has 172 valence electrons. The number of carbonyl (C=O) groups is 2. The van der Waals surface area contributed by atoms with Gasteiger partial charge in [-0.1, -0.05) is 18.7 Å². The summed E-state index contributed by atoms with van der Waals surface area (Å²) in [6, 6.07) is 3.29. The summed E-state index contributed by atoms with van der Waals surface area (Å²) in [7, 11) is 0. The van der Waals surface area contributed by atoms with Gasteiger partial charge >= 0.3 is 12.4 Å². The Labute approximate surface area is 176 Å². The summed E-state index contributed by atoms with van der Waals surface area (Å²) in [4.78, 5) is 27.8. The summed E-state index contributed by atoms with van der Waals surface area (Å²) in [5.74, 6) is -2.65. The van der Waals surface area contributed by atoms with Crippen LogP contribution in [0.2, 0.25) is 0 Å². The molecular formula is C20H14F8N2O2. The van der Waals surface area contributed by atoms with Crippen molar-refractivity contribution >= 4 is 11.7 Å². The fourth-order valence-electron chi connectivity index (χ4n) is 2.79. The second-order valence-corrected chi connectivity index (χ2v) is 6.55. The summed E-state index contributed by atoms with van der Waals surface area (Å²) in [6.07, 6.45) is -13.5. The molecule has 0 radical (unpaired) electrons. The second-order valence-electron chi connectivity index (χ2n) is 6.55. The Hall–Kier alpha value is -3.31. The number of halogens is 8. The molecule has 0 spiro atoms. The molecular weight excluding hydrogens is 452 g/mol. The van der Waals surface area contributed by atoms with Gasteiger partial charge in [-0.15, -0.1) is 0 Å². The van der Waals surface area contributed by atoms with Gasteiger partial charge in [-0.25, -0.2) is 8.78 Å². The molecule has 1 aromatic heterocycles. The van der Waals surface area contributed by atoms with Crippen molar-refractivity contribution in [3.8, 4) is 0 Å². The number of amides is 1. The molecule has 2 aromatic rings. The molecule has 1 unspecified atom stereocenters. The summed E-state index contributed by atoms with van der Waals surface area (Å²) in [6.45, 7) is 3.03. The molecule has 12 heteroatoms. The highest BCUT2D eigenvalue weighted by atomic mass is 19.4. The quantitative estimate of drug-likeness (QED) is 0.339. The fourth-order valence-corrected chi connectivity index (χ4v) is 2.79. The van der Waals surface area contributed by atoms with Gasteiger partial charge in [0, 0.05) is 18.2 Å².